The highest BCUT2D eigenvalue weighted by Gasteiger charge is 2.05. The van der Waals surface area contributed by atoms with E-state index >= 15 is 0 Å². The molecule has 0 aliphatic rings. The van der Waals surface area contributed by atoms with Crippen LogP contribution in [0.2, 0.25) is 0 Å². The van der Waals surface area contributed by atoms with Crippen LogP contribution in [0.15, 0.2) is 18.3 Å². The van der Waals surface area contributed by atoms with Crippen molar-refractivity contribution in [3.63, 3.8) is 0 Å². The number of hydrogen-bond acceptors (Lipinski definition) is 3. The van der Waals surface area contributed by atoms with E-state index in [1.807, 2.05) is 6.07 Å². The van der Waals surface area contributed by atoms with Gasteiger partial charge in [0.25, 0.3) is 0 Å². The molecule has 0 spiro atoms. The summed E-state index contributed by atoms with van der Waals surface area (Å²) in [6.45, 7) is 8.44. The van der Waals surface area contributed by atoms with Crippen LogP contribution in [0.1, 0.15) is 37.8 Å². The lowest BCUT2D eigenvalue weighted by Gasteiger charge is -2.09. The highest BCUT2D eigenvalue weighted by molar-refractivity contribution is 5.73. The van der Waals surface area contributed by atoms with Crippen LogP contribution in [0, 0.1) is 6.92 Å². The van der Waals surface area contributed by atoms with Gasteiger partial charge in [-0.15, -0.1) is 0 Å². The van der Waals surface area contributed by atoms with Gasteiger partial charge in [-0.25, -0.2) is 4.98 Å². The van der Waals surface area contributed by atoms with Gasteiger partial charge in [0.1, 0.15) is 5.82 Å². The summed E-state index contributed by atoms with van der Waals surface area (Å²) in [4.78, 5) is 4.14. The average molecular weight is 233 g/mol. The number of nitrogens with two attached hydrogens (primary N) is 1. The third-order valence-corrected chi connectivity index (χ3v) is 2.78. The van der Waals surface area contributed by atoms with Crippen molar-refractivity contribution < 1.29 is 0 Å². The molecule has 0 atom stereocenters. The fourth-order valence-electron chi connectivity index (χ4n) is 1.89. The number of aromatic nitrogens is 1. The zero-order valence-corrected chi connectivity index (χ0v) is 11.1. The van der Waals surface area contributed by atoms with Crippen LogP contribution >= 0.6 is 0 Å². The first-order valence-electron chi connectivity index (χ1n) is 6.25. The van der Waals surface area contributed by atoms with E-state index in [0.717, 1.165) is 25.1 Å². The highest BCUT2D eigenvalue weighted by atomic mass is 14.8. The van der Waals surface area contributed by atoms with Gasteiger partial charge in [-0.2, -0.15) is 0 Å². The molecule has 0 bridgehead atoms. The van der Waals surface area contributed by atoms with Crippen LogP contribution < -0.4 is 11.1 Å². The van der Waals surface area contributed by atoms with E-state index in [2.05, 4.69) is 37.1 Å². The number of nitrogens with one attached hydrogen (secondary N) is 1. The second kappa shape index (κ2) is 7.07. The number of rotatable bonds is 6. The monoisotopic (exact) mass is 233 g/mol. The number of anilines is 1. The first-order valence-corrected chi connectivity index (χ1v) is 6.25. The van der Waals surface area contributed by atoms with Crippen LogP contribution in [0.5, 0.6) is 0 Å². The molecule has 0 fully saturated rings. The minimum Gasteiger partial charge on any atom is -0.383 e. The molecular formula is C14H23N3. The van der Waals surface area contributed by atoms with E-state index < -0.39 is 0 Å². The van der Waals surface area contributed by atoms with Crippen LogP contribution in [0.4, 0.5) is 5.82 Å². The number of nitrogen functional groups attached to an aromatic ring is 1. The van der Waals surface area contributed by atoms with Crippen molar-refractivity contribution in [1.29, 1.82) is 0 Å². The Morgan fingerprint density at radius 2 is 2.24 bits per heavy atom. The van der Waals surface area contributed by atoms with Crippen LogP contribution in [0.3, 0.4) is 0 Å². The summed E-state index contributed by atoms with van der Waals surface area (Å²) in [5, 5.41) is 3.38. The molecule has 0 aliphatic carbocycles. The summed E-state index contributed by atoms with van der Waals surface area (Å²) < 4.78 is 0. The van der Waals surface area contributed by atoms with E-state index in [-0.39, 0.29) is 0 Å². The molecule has 0 radical (unpaired) electrons. The maximum absolute atomic E-state index is 5.91. The van der Waals surface area contributed by atoms with E-state index in [9.17, 15) is 0 Å². The fourth-order valence-corrected chi connectivity index (χ4v) is 1.89. The Balaban J connectivity index is 2.62. The normalized spacial score (nSPS) is 11.8. The number of nitrogens with zero attached hydrogens (tertiary/aromatic N) is 1. The molecular weight excluding hydrogens is 210 g/mol. The van der Waals surface area contributed by atoms with Crippen molar-refractivity contribution in [1.82, 2.24) is 10.3 Å². The third-order valence-electron chi connectivity index (χ3n) is 2.78. The van der Waals surface area contributed by atoms with Crippen molar-refractivity contribution in [2.75, 3.05) is 18.8 Å². The second-order valence-corrected chi connectivity index (χ2v) is 4.31. The maximum Gasteiger partial charge on any atom is 0.131 e. The summed E-state index contributed by atoms with van der Waals surface area (Å²) in [5.41, 5.74) is 9.39. The highest BCUT2D eigenvalue weighted by Crippen LogP contribution is 2.23. The smallest absolute Gasteiger partial charge is 0.131 e. The predicted molar refractivity (Wildman–Crippen MR) is 74.8 cm³/mol. The van der Waals surface area contributed by atoms with Gasteiger partial charge in [0.2, 0.25) is 0 Å². The summed E-state index contributed by atoms with van der Waals surface area (Å²) in [6, 6.07) is 2.00. The van der Waals surface area contributed by atoms with Crippen LogP contribution in [-0.2, 0) is 0 Å². The minimum atomic E-state index is 0.625. The molecule has 0 aromatic carbocycles. The van der Waals surface area contributed by atoms with Gasteiger partial charge in [-0.1, -0.05) is 13.0 Å². The second-order valence-electron chi connectivity index (χ2n) is 4.31. The SMILES string of the molecule is CCCNCCC=C(C)c1c(C)ccnc1N. The zero-order valence-electron chi connectivity index (χ0n) is 11.1. The Morgan fingerprint density at radius 3 is 2.88 bits per heavy atom. The third kappa shape index (κ3) is 4.19. The summed E-state index contributed by atoms with van der Waals surface area (Å²) in [7, 11) is 0. The molecule has 0 aliphatic heterocycles. The Labute approximate surface area is 104 Å². The lowest BCUT2D eigenvalue weighted by atomic mass is 10.0. The summed E-state index contributed by atoms with van der Waals surface area (Å²) >= 11 is 0. The predicted octanol–water partition coefficient (Wildman–Crippen LogP) is 2.77. The Morgan fingerprint density at radius 1 is 1.47 bits per heavy atom. The molecule has 17 heavy (non-hydrogen) atoms. The van der Waals surface area contributed by atoms with Crippen molar-refractivity contribution in [2.45, 2.75) is 33.6 Å². The van der Waals surface area contributed by atoms with Gasteiger partial charge < -0.3 is 11.1 Å². The van der Waals surface area contributed by atoms with Crippen molar-refractivity contribution in [3.8, 4) is 0 Å². The van der Waals surface area contributed by atoms with E-state index in [0.29, 0.717) is 5.82 Å². The van der Waals surface area contributed by atoms with Gasteiger partial charge in [0.15, 0.2) is 0 Å². The minimum absolute atomic E-state index is 0.625. The lowest BCUT2D eigenvalue weighted by molar-refractivity contribution is 0.678. The maximum atomic E-state index is 5.91. The Hall–Kier alpha value is -1.35. The van der Waals surface area contributed by atoms with Crippen molar-refractivity contribution in [2.24, 2.45) is 0 Å². The van der Waals surface area contributed by atoms with Crippen molar-refractivity contribution >= 4 is 11.4 Å². The molecule has 0 saturated heterocycles. The molecule has 0 amide bonds. The Kier molecular flexibility index (Phi) is 5.70. The summed E-state index contributed by atoms with van der Waals surface area (Å²) in [5.74, 6) is 0.625. The number of pyridine rings is 1. The van der Waals surface area contributed by atoms with Gasteiger partial charge in [0, 0.05) is 11.8 Å². The lowest BCUT2D eigenvalue weighted by Crippen LogP contribution is -2.15. The zero-order chi connectivity index (χ0) is 12.7. The van der Waals surface area contributed by atoms with Gasteiger partial charge in [-0.05, 0) is 57.0 Å². The van der Waals surface area contributed by atoms with E-state index in [1.54, 1.807) is 6.20 Å². The number of hydrogen-bond donors (Lipinski definition) is 2. The average Bonchev–Trinajstić information content (AvgIpc) is 2.28. The fraction of sp³-hybridized carbons (Fsp3) is 0.500. The first-order chi connectivity index (χ1) is 8.16. The van der Waals surface area contributed by atoms with Crippen molar-refractivity contribution in [3.05, 3.63) is 29.5 Å². The summed E-state index contributed by atoms with van der Waals surface area (Å²) in [6.07, 6.45) is 6.18. The van der Waals surface area contributed by atoms with Gasteiger partial charge in [0.05, 0.1) is 0 Å². The number of aryl methyl sites for hydroxylation is 1. The van der Waals surface area contributed by atoms with E-state index in [4.69, 9.17) is 5.73 Å². The number of allylic oxidation sites excluding steroid dienone is 1. The molecule has 0 saturated carbocycles. The first kappa shape index (κ1) is 13.7. The Bertz CT molecular complexity index is 363. The molecule has 3 heteroatoms. The molecule has 3 nitrogen and oxygen atoms in total. The molecule has 94 valence electrons. The van der Waals surface area contributed by atoms with Gasteiger partial charge >= 0.3 is 0 Å². The van der Waals surface area contributed by atoms with Crippen LogP contribution in [0.25, 0.3) is 5.57 Å². The molecule has 1 aromatic rings. The van der Waals surface area contributed by atoms with Gasteiger partial charge in [-0.3, -0.25) is 0 Å². The molecule has 1 aromatic heterocycles. The topological polar surface area (TPSA) is 50.9 Å². The molecule has 1 rings (SSSR count). The molecule has 1 heterocycles. The van der Waals surface area contributed by atoms with Crippen LogP contribution in [-0.4, -0.2) is 18.1 Å². The quantitative estimate of drug-likeness (QED) is 0.743. The van der Waals surface area contributed by atoms with E-state index in [1.165, 1.54) is 17.6 Å². The molecule has 3 N–H and O–H groups in total. The molecule has 0 unspecified atom stereocenters. The largest absolute Gasteiger partial charge is 0.383 e. The standard InChI is InChI=1S/C14H23N3/c1-4-8-16-9-5-6-11(2)13-12(3)7-10-17-14(13)15/h6-7,10,16H,4-5,8-9H2,1-3H3,(H2,15,17).